The number of aliphatic imine (C=N–C) groups is 1. The standard InChI is InChI=1S/C23H16ClFN2O2S/c24-17-6-3-4-15(12-17)14-29-20-7-2-1-5-16(20)13-21-22(28)27-23(30-21)26-19-10-8-18(25)9-11-19/h1-13H,14H2,(H,26,27,28)/b21-13-. The van der Waals surface area contributed by atoms with Crippen molar-refractivity contribution in [3.63, 3.8) is 0 Å². The van der Waals surface area contributed by atoms with Gasteiger partial charge in [0.1, 0.15) is 18.2 Å². The highest BCUT2D eigenvalue weighted by atomic mass is 35.5. The SMILES string of the molecule is O=C1NC(=Nc2ccc(F)cc2)S/C1=C\c1ccccc1OCc1cccc(Cl)c1. The van der Waals surface area contributed by atoms with E-state index in [2.05, 4.69) is 10.3 Å². The molecule has 1 aliphatic heterocycles. The van der Waals surface area contributed by atoms with Crippen LogP contribution < -0.4 is 10.1 Å². The predicted molar refractivity (Wildman–Crippen MR) is 119 cm³/mol. The second kappa shape index (κ2) is 9.15. The number of hydrogen-bond donors (Lipinski definition) is 1. The summed E-state index contributed by atoms with van der Waals surface area (Å²) >= 11 is 7.25. The minimum absolute atomic E-state index is 0.245. The molecule has 4 nitrogen and oxygen atoms in total. The Bertz CT molecular complexity index is 1150. The molecular formula is C23H16ClFN2O2S. The van der Waals surface area contributed by atoms with E-state index >= 15 is 0 Å². The number of amidine groups is 1. The third-order valence-electron chi connectivity index (χ3n) is 4.20. The molecule has 0 radical (unpaired) electrons. The lowest BCUT2D eigenvalue weighted by Crippen LogP contribution is -2.19. The summed E-state index contributed by atoms with van der Waals surface area (Å²) in [6, 6.07) is 20.7. The summed E-state index contributed by atoms with van der Waals surface area (Å²) in [6.07, 6.45) is 1.76. The monoisotopic (exact) mass is 438 g/mol. The van der Waals surface area contributed by atoms with Crippen molar-refractivity contribution in [2.24, 2.45) is 4.99 Å². The minimum atomic E-state index is -0.336. The summed E-state index contributed by atoms with van der Waals surface area (Å²) in [5, 5.41) is 3.82. The quantitative estimate of drug-likeness (QED) is 0.501. The molecule has 1 fully saturated rings. The van der Waals surface area contributed by atoms with Gasteiger partial charge in [0.15, 0.2) is 5.17 Å². The van der Waals surface area contributed by atoms with E-state index in [1.807, 2.05) is 48.5 Å². The van der Waals surface area contributed by atoms with Gasteiger partial charge < -0.3 is 10.1 Å². The highest BCUT2D eigenvalue weighted by Gasteiger charge is 2.24. The van der Waals surface area contributed by atoms with Crippen LogP contribution in [0.15, 0.2) is 82.7 Å². The smallest absolute Gasteiger partial charge is 0.264 e. The van der Waals surface area contributed by atoms with E-state index in [0.29, 0.717) is 33.1 Å². The summed E-state index contributed by atoms with van der Waals surface area (Å²) in [6.45, 7) is 0.358. The van der Waals surface area contributed by atoms with Gasteiger partial charge in [0.2, 0.25) is 0 Å². The highest BCUT2D eigenvalue weighted by Crippen LogP contribution is 2.31. The molecular weight excluding hydrogens is 423 g/mol. The zero-order valence-corrected chi connectivity index (χ0v) is 17.2. The van der Waals surface area contributed by atoms with E-state index in [0.717, 1.165) is 11.1 Å². The Morgan fingerprint density at radius 3 is 2.67 bits per heavy atom. The molecule has 1 amide bonds. The van der Waals surface area contributed by atoms with Crippen LogP contribution in [0.3, 0.4) is 0 Å². The molecule has 150 valence electrons. The van der Waals surface area contributed by atoms with Gasteiger partial charge in [0.05, 0.1) is 10.6 Å². The lowest BCUT2D eigenvalue weighted by Gasteiger charge is -2.09. The van der Waals surface area contributed by atoms with Crippen molar-refractivity contribution in [1.29, 1.82) is 0 Å². The van der Waals surface area contributed by atoms with Crippen molar-refractivity contribution in [2.75, 3.05) is 0 Å². The molecule has 0 spiro atoms. The fourth-order valence-corrected chi connectivity index (χ4v) is 3.82. The van der Waals surface area contributed by atoms with Crippen molar-refractivity contribution < 1.29 is 13.9 Å². The van der Waals surface area contributed by atoms with Crippen LogP contribution in [-0.2, 0) is 11.4 Å². The van der Waals surface area contributed by atoms with Gasteiger partial charge in [-0.25, -0.2) is 9.38 Å². The number of carbonyl (C=O) groups is 1. The molecule has 7 heteroatoms. The average Bonchev–Trinajstić information content (AvgIpc) is 3.08. The molecule has 1 saturated heterocycles. The number of halogens is 2. The van der Waals surface area contributed by atoms with E-state index in [1.54, 1.807) is 18.2 Å². The van der Waals surface area contributed by atoms with Crippen LogP contribution in [0.5, 0.6) is 5.75 Å². The summed E-state index contributed by atoms with van der Waals surface area (Å²) in [5.41, 5.74) is 2.29. The van der Waals surface area contributed by atoms with Crippen molar-refractivity contribution in [3.8, 4) is 5.75 Å². The maximum atomic E-state index is 13.0. The summed E-state index contributed by atoms with van der Waals surface area (Å²) in [4.78, 5) is 17.2. The molecule has 30 heavy (non-hydrogen) atoms. The minimum Gasteiger partial charge on any atom is -0.488 e. The zero-order valence-electron chi connectivity index (χ0n) is 15.6. The first-order valence-corrected chi connectivity index (χ1v) is 10.3. The highest BCUT2D eigenvalue weighted by molar-refractivity contribution is 8.18. The number of hydrogen-bond acceptors (Lipinski definition) is 4. The van der Waals surface area contributed by atoms with E-state index in [-0.39, 0.29) is 11.7 Å². The second-order valence-electron chi connectivity index (χ2n) is 6.41. The Balaban J connectivity index is 1.51. The number of amides is 1. The van der Waals surface area contributed by atoms with E-state index in [4.69, 9.17) is 16.3 Å². The number of ether oxygens (including phenoxy) is 1. The molecule has 4 rings (SSSR count). The van der Waals surface area contributed by atoms with Gasteiger partial charge in [-0.15, -0.1) is 0 Å². The number of carbonyl (C=O) groups excluding carboxylic acids is 1. The zero-order chi connectivity index (χ0) is 20.9. The topological polar surface area (TPSA) is 50.7 Å². The van der Waals surface area contributed by atoms with E-state index < -0.39 is 0 Å². The van der Waals surface area contributed by atoms with E-state index in [1.165, 1.54) is 23.9 Å². The molecule has 1 heterocycles. The third kappa shape index (κ3) is 5.09. The molecule has 0 unspecified atom stereocenters. The van der Waals surface area contributed by atoms with Crippen molar-refractivity contribution in [3.05, 3.63) is 99.7 Å². The molecule has 0 aromatic heterocycles. The van der Waals surface area contributed by atoms with Gasteiger partial charge in [-0.3, -0.25) is 4.79 Å². The Morgan fingerprint density at radius 2 is 1.87 bits per heavy atom. The maximum Gasteiger partial charge on any atom is 0.264 e. The van der Waals surface area contributed by atoms with Crippen molar-refractivity contribution in [1.82, 2.24) is 5.32 Å². The first-order valence-electron chi connectivity index (χ1n) is 9.08. The number of nitrogens with one attached hydrogen (secondary N) is 1. The molecule has 1 aliphatic rings. The fourth-order valence-electron chi connectivity index (χ4n) is 2.77. The fraction of sp³-hybridized carbons (Fsp3) is 0.0435. The van der Waals surface area contributed by atoms with Crippen LogP contribution in [0.25, 0.3) is 6.08 Å². The summed E-state index contributed by atoms with van der Waals surface area (Å²) in [5.74, 6) is 0.0739. The summed E-state index contributed by atoms with van der Waals surface area (Å²) in [7, 11) is 0. The Labute approximate surface area is 182 Å². The molecule has 3 aromatic rings. The number of para-hydroxylation sites is 1. The van der Waals surface area contributed by atoms with Crippen LogP contribution in [0.2, 0.25) is 5.02 Å². The molecule has 1 N–H and O–H groups in total. The summed E-state index contributed by atoms with van der Waals surface area (Å²) < 4.78 is 19.0. The molecule has 0 saturated carbocycles. The van der Waals surface area contributed by atoms with Gasteiger partial charge in [-0.1, -0.05) is 41.9 Å². The van der Waals surface area contributed by atoms with E-state index in [9.17, 15) is 9.18 Å². The van der Waals surface area contributed by atoms with Crippen LogP contribution in [0.4, 0.5) is 10.1 Å². The van der Waals surface area contributed by atoms with Crippen LogP contribution in [0.1, 0.15) is 11.1 Å². The normalized spacial score (nSPS) is 16.1. The first kappa shape index (κ1) is 20.2. The molecule has 3 aromatic carbocycles. The van der Waals surface area contributed by atoms with Crippen molar-refractivity contribution >= 4 is 46.2 Å². The molecule has 0 bridgehead atoms. The van der Waals surface area contributed by atoms with Gasteiger partial charge in [-0.2, -0.15) is 0 Å². The second-order valence-corrected chi connectivity index (χ2v) is 7.88. The predicted octanol–water partition coefficient (Wildman–Crippen LogP) is 5.95. The lowest BCUT2D eigenvalue weighted by atomic mass is 10.2. The third-order valence-corrected chi connectivity index (χ3v) is 5.34. The lowest BCUT2D eigenvalue weighted by molar-refractivity contribution is -0.115. The first-order chi connectivity index (χ1) is 14.6. The van der Waals surface area contributed by atoms with Crippen LogP contribution in [0, 0.1) is 5.82 Å². The number of rotatable bonds is 5. The Kier molecular flexibility index (Phi) is 6.16. The largest absolute Gasteiger partial charge is 0.488 e. The van der Waals surface area contributed by atoms with Gasteiger partial charge >= 0.3 is 0 Å². The number of nitrogens with zero attached hydrogens (tertiary/aromatic N) is 1. The van der Waals surface area contributed by atoms with Crippen molar-refractivity contribution in [2.45, 2.75) is 6.61 Å². The van der Waals surface area contributed by atoms with Gasteiger partial charge in [0.25, 0.3) is 5.91 Å². The molecule has 0 atom stereocenters. The Morgan fingerprint density at radius 1 is 1.07 bits per heavy atom. The Hall–Kier alpha value is -3.09. The number of benzene rings is 3. The van der Waals surface area contributed by atoms with Gasteiger partial charge in [-0.05, 0) is 65.9 Å². The average molecular weight is 439 g/mol. The molecule has 0 aliphatic carbocycles. The van der Waals surface area contributed by atoms with Crippen LogP contribution in [-0.4, -0.2) is 11.1 Å². The van der Waals surface area contributed by atoms with Gasteiger partial charge in [0, 0.05) is 10.6 Å². The number of thioether (sulfide) groups is 1. The maximum absolute atomic E-state index is 13.0. The van der Waals surface area contributed by atoms with Crippen LogP contribution >= 0.6 is 23.4 Å².